The number of hydrogen-bond acceptors (Lipinski definition) is 4. The predicted octanol–water partition coefficient (Wildman–Crippen LogP) is 1.56. The molecule has 0 saturated carbocycles. The summed E-state index contributed by atoms with van der Waals surface area (Å²) in [6.45, 7) is 3.94. The van der Waals surface area contributed by atoms with E-state index in [1.165, 1.54) is 5.56 Å². The van der Waals surface area contributed by atoms with E-state index < -0.39 is 0 Å². The first-order valence-electron chi connectivity index (χ1n) is 6.93. The van der Waals surface area contributed by atoms with Gasteiger partial charge >= 0.3 is 0 Å². The first kappa shape index (κ1) is 13.1. The van der Waals surface area contributed by atoms with E-state index in [9.17, 15) is 0 Å². The molecule has 1 aliphatic rings. The Bertz CT molecular complexity index is 523. The highest BCUT2D eigenvalue weighted by atomic mass is 16.5. The first-order chi connectivity index (χ1) is 9.86. The van der Waals surface area contributed by atoms with Gasteiger partial charge in [-0.3, -0.25) is 4.90 Å². The van der Waals surface area contributed by atoms with E-state index in [1.54, 1.807) is 13.4 Å². The highest BCUT2D eigenvalue weighted by Crippen LogP contribution is 2.25. The van der Waals surface area contributed by atoms with Gasteiger partial charge in [-0.05, 0) is 17.7 Å². The smallest absolute Gasteiger partial charge is 0.118 e. The van der Waals surface area contributed by atoms with Crippen LogP contribution in [0, 0.1) is 0 Å². The van der Waals surface area contributed by atoms with E-state index in [4.69, 9.17) is 4.74 Å². The van der Waals surface area contributed by atoms with E-state index in [2.05, 4.69) is 32.3 Å². The number of imidazole rings is 1. The highest BCUT2D eigenvalue weighted by molar-refractivity contribution is 5.29. The summed E-state index contributed by atoms with van der Waals surface area (Å²) in [5, 5.41) is 3.47. The van der Waals surface area contributed by atoms with E-state index >= 15 is 0 Å². The van der Waals surface area contributed by atoms with Crippen LogP contribution >= 0.6 is 0 Å². The molecule has 1 atom stereocenters. The molecule has 3 rings (SSSR count). The monoisotopic (exact) mass is 272 g/mol. The van der Waals surface area contributed by atoms with E-state index in [-0.39, 0.29) is 0 Å². The van der Waals surface area contributed by atoms with Crippen LogP contribution in [0.1, 0.15) is 17.3 Å². The van der Waals surface area contributed by atoms with Crippen LogP contribution in [0.15, 0.2) is 36.8 Å². The second-order valence-corrected chi connectivity index (χ2v) is 5.04. The van der Waals surface area contributed by atoms with Crippen LogP contribution in [0.25, 0.3) is 0 Å². The van der Waals surface area contributed by atoms with Crippen molar-refractivity contribution in [2.24, 2.45) is 0 Å². The van der Waals surface area contributed by atoms with Gasteiger partial charge in [-0.25, -0.2) is 4.98 Å². The summed E-state index contributed by atoms with van der Waals surface area (Å²) in [5.41, 5.74) is 2.47. The van der Waals surface area contributed by atoms with Crippen molar-refractivity contribution in [2.45, 2.75) is 12.6 Å². The number of benzene rings is 1. The summed E-state index contributed by atoms with van der Waals surface area (Å²) in [5.74, 6) is 0.901. The molecule has 2 aromatic rings. The largest absolute Gasteiger partial charge is 0.497 e. The molecule has 2 N–H and O–H groups in total. The third-order valence-corrected chi connectivity index (χ3v) is 3.78. The third kappa shape index (κ3) is 2.84. The van der Waals surface area contributed by atoms with Crippen molar-refractivity contribution >= 4 is 0 Å². The van der Waals surface area contributed by atoms with Gasteiger partial charge in [0.1, 0.15) is 5.75 Å². The maximum absolute atomic E-state index is 5.23. The SMILES string of the molecule is COc1ccc(C2CNCCN2Cc2cnc[nH]2)cc1. The molecule has 1 aromatic carbocycles. The van der Waals surface area contributed by atoms with Crippen molar-refractivity contribution in [3.05, 3.63) is 48.0 Å². The van der Waals surface area contributed by atoms with E-state index in [0.29, 0.717) is 6.04 Å². The number of aromatic nitrogens is 2. The van der Waals surface area contributed by atoms with Crippen molar-refractivity contribution < 1.29 is 4.74 Å². The Labute approximate surface area is 119 Å². The Morgan fingerprint density at radius 3 is 2.90 bits per heavy atom. The molecule has 1 unspecified atom stereocenters. The molecule has 0 amide bonds. The van der Waals surface area contributed by atoms with E-state index in [1.807, 2.05) is 18.3 Å². The molecule has 1 fully saturated rings. The summed E-state index contributed by atoms with van der Waals surface area (Å²) in [4.78, 5) is 9.75. The lowest BCUT2D eigenvalue weighted by Gasteiger charge is -2.36. The van der Waals surface area contributed by atoms with Crippen molar-refractivity contribution in [2.75, 3.05) is 26.7 Å². The third-order valence-electron chi connectivity index (χ3n) is 3.78. The molecule has 106 valence electrons. The summed E-state index contributed by atoms with van der Waals surface area (Å²) in [6, 6.07) is 8.74. The number of nitrogens with one attached hydrogen (secondary N) is 2. The highest BCUT2D eigenvalue weighted by Gasteiger charge is 2.24. The van der Waals surface area contributed by atoms with Gasteiger partial charge in [0.25, 0.3) is 0 Å². The van der Waals surface area contributed by atoms with Crippen molar-refractivity contribution in [3.8, 4) is 5.75 Å². The lowest BCUT2D eigenvalue weighted by Crippen LogP contribution is -2.45. The Hall–Kier alpha value is -1.85. The molecule has 0 aliphatic carbocycles. The number of hydrogen-bond donors (Lipinski definition) is 2. The van der Waals surface area contributed by atoms with Crippen LogP contribution in [-0.4, -0.2) is 41.6 Å². The number of ether oxygens (including phenoxy) is 1. The average molecular weight is 272 g/mol. The second-order valence-electron chi connectivity index (χ2n) is 5.04. The maximum Gasteiger partial charge on any atom is 0.118 e. The number of rotatable bonds is 4. The summed E-state index contributed by atoms with van der Waals surface area (Å²) in [6.07, 6.45) is 3.63. The molecule has 1 aromatic heterocycles. The van der Waals surface area contributed by atoms with E-state index in [0.717, 1.165) is 37.6 Å². The summed E-state index contributed by atoms with van der Waals surface area (Å²) >= 11 is 0. The zero-order chi connectivity index (χ0) is 13.8. The summed E-state index contributed by atoms with van der Waals surface area (Å²) in [7, 11) is 1.70. The van der Waals surface area contributed by atoms with Gasteiger partial charge in [-0.15, -0.1) is 0 Å². The van der Waals surface area contributed by atoms with Crippen LogP contribution < -0.4 is 10.1 Å². The topological polar surface area (TPSA) is 53.2 Å². The van der Waals surface area contributed by atoms with Gasteiger partial charge in [0.2, 0.25) is 0 Å². The normalized spacial score (nSPS) is 19.9. The van der Waals surface area contributed by atoms with Gasteiger partial charge in [0.15, 0.2) is 0 Å². The molecular formula is C15H20N4O. The van der Waals surface area contributed by atoms with Crippen LogP contribution in [0.2, 0.25) is 0 Å². The predicted molar refractivity (Wildman–Crippen MR) is 77.6 cm³/mol. The number of H-pyrrole nitrogens is 1. The van der Waals surface area contributed by atoms with Crippen molar-refractivity contribution in [1.29, 1.82) is 0 Å². The Kier molecular flexibility index (Phi) is 3.99. The van der Waals surface area contributed by atoms with Gasteiger partial charge in [0, 0.05) is 44.1 Å². The van der Waals surface area contributed by atoms with Crippen LogP contribution in [0.5, 0.6) is 5.75 Å². The van der Waals surface area contributed by atoms with Gasteiger partial charge in [0.05, 0.1) is 13.4 Å². The van der Waals surface area contributed by atoms with Gasteiger partial charge in [-0.2, -0.15) is 0 Å². The fourth-order valence-electron chi connectivity index (χ4n) is 2.68. The molecule has 0 bridgehead atoms. The quantitative estimate of drug-likeness (QED) is 0.887. The van der Waals surface area contributed by atoms with Crippen LogP contribution in [-0.2, 0) is 6.54 Å². The number of methoxy groups -OCH3 is 1. The fourth-order valence-corrected chi connectivity index (χ4v) is 2.68. The van der Waals surface area contributed by atoms with Crippen molar-refractivity contribution in [1.82, 2.24) is 20.2 Å². The van der Waals surface area contributed by atoms with Crippen LogP contribution in [0.3, 0.4) is 0 Å². The minimum absolute atomic E-state index is 0.387. The average Bonchev–Trinajstić information content (AvgIpc) is 3.01. The molecule has 0 radical (unpaired) electrons. The molecular weight excluding hydrogens is 252 g/mol. The Balaban J connectivity index is 1.77. The maximum atomic E-state index is 5.23. The van der Waals surface area contributed by atoms with Gasteiger partial charge in [-0.1, -0.05) is 12.1 Å². The van der Waals surface area contributed by atoms with Gasteiger partial charge < -0.3 is 15.0 Å². The standard InChI is InChI=1S/C15H20N4O/c1-20-14-4-2-12(3-5-14)15-9-16-6-7-19(15)10-13-8-17-11-18-13/h2-5,8,11,15-16H,6-7,9-10H2,1H3,(H,17,18). The summed E-state index contributed by atoms with van der Waals surface area (Å²) < 4.78 is 5.23. The minimum atomic E-state index is 0.387. The number of aromatic amines is 1. The number of nitrogens with zero attached hydrogens (tertiary/aromatic N) is 2. The molecule has 5 heteroatoms. The zero-order valence-electron chi connectivity index (χ0n) is 11.7. The Morgan fingerprint density at radius 2 is 2.20 bits per heavy atom. The molecule has 2 heterocycles. The lowest BCUT2D eigenvalue weighted by molar-refractivity contribution is 0.152. The Morgan fingerprint density at radius 1 is 1.35 bits per heavy atom. The first-order valence-corrected chi connectivity index (χ1v) is 6.93. The van der Waals surface area contributed by atoms with Crippen molar-refractivity contribution in [3.63, 3.8) is 0 Å². The zero-order valence-corrected chi connectivity index (χ0v) is 11.7. The molecule has 0 spiro atoms. The van der Waals surface area contributed by atoms with Crippen LogP contribution in [0.4, 0.5) is 0 Å². The number of piperazine rings is 1. The molecule has 20 heavy (non-hydrogen) atoms. The second kappa shape index (κ2) is 6.07. The molecule has 5 nitrogen and oxygen atoms in total. The fraction of sp³-hybridized carbons (Fsp3) is 0.400. The molecule has 1 aliphatic heterocycles. The molecule has 1 saturated heterocycles. The minimum Gasteiger partial charge on any atom is -0.497 e. The lowest BCUT2D eigenvalue weighted by atomic mass is 10.0.